The third-order valence-corrected chi connectivity index (χ3v) is 6.94. The maximum atomic E-state index is 13.1. The summed E-state index contributed by atoms with van der Waals surface area (Å²) in [5.74, 6) is 0.667. The number of thioether (sulfide) groups is 1. The summed E-state index contributed by atoms with van der Waals surface area (Å²) in [4.78, 5) is 28.7. The van der Waals surface area contributed by atoms with Gasteiger partial charge in [-0.15, -0.1) is 0 Å². The molecule has 3 heterocycles. The molecule has 2 saturated heterocycles. The number of carbonyl (C=O) groups excluding carboxylic acids is 1. The lowest BCUT2D eigenvalue weighted by Gasteiger charge is -2.38. The molecular weight excluding hydrogens is 384 g/mol. The SMILES string of the molecule is CSCCN1[C@@H]2CC[C@H]1CC(OC(=O)c1cc3ccccc3n(C(C)C)c1=O)C2. The molecule has 29 heavy (non-hydrogen) atoms. The van der Waals surface area contributed by atoms with Crippen molar-refractivity contribution in [3.8, 4) is 0 Å². The molecule has 2 fully saturated rings. The number of pyridine rings is 1. The van der Waals surface area contributed by atoms with Gasteiger partial charge in [-0.1, -0.05) is 18.2 Å². The van der Waals surface area contributed by atoms with Gasteiger partial charge in [0.15, 0.2) is 0 Å². The van der Waals surface area contributed by atoms with Crippen LogP contribution in [0.4, 0.5) is 0 Å². The minimum Gasteiger partial charge on any atom is -0.459 e. The molecule has 4 rings (SSSR count). The highest BCUT2D eigenvalue weighted by molar-refractivity contribution is 7.98. The molecule has 5 nitrogen and oxygen atoms in total. The van der Waals surface area contributed by atoms with E-state index in [0.29, 0.717) is 12.1 Å². The van der Waals surface area contributed by atoms with Gasteiger partial charge in [0.1, 0.15) is 11.7 Å². The maximum Gasteiger partial charge on any atom is 0.344 e. The standard InChI is InChI=1S/C23H30N2O3S/c1-15(2)25-21-7-5-4-6-16(21)12-20(22(25)26)23(27)28-19-13-17-8-9-18(14-19)24(17)10-11-29-3/h4-7,12,15,17-19H,8-11,13-14H2,1-3H3/t17-,18+,19?. The number of nitrogens with zero attached hydrogens (tertiary/aromatic N) is 2. The number of aromatic nitrogens is 1. The van der Waals surface area contributed by atoms with Crippen LogP contribution in [0, 0.1) is 0 Å². The molecule has 2 aliphatic rings. The molecule has 156 valence electrons. The fourth-order valence-corrected chi connectivity index (χ4v) is 5.43. The molecule has 1 aromatic heterocycles. The van der Waals surface area contributed by atoms with Crippen LogP contribution in [-0.2, 0) is 4.74 Å². The summed E-state index contributed by atoms with van der Waals surface area (Å²) in [5, 5.41) is 0.889. The van der Waals surface area contributed by atoms with Crippen LogP contribution in [0.25, 0.3) is 10.9 Å². The van der Waals surface area contributed by atoms with Crippen molar-refractivity contribution in [1.29, 1.82) is 0 Å². The van der Waals surface area contributed by atoms with Crippen LogP contribution in [0.2, 0.25) is 0 Å². The topological polar surface area (TPSA) is 51.5 Å². The van der Waals surface area contributed by atoms with Crippen LogP contribution in [0.5, 0.6) is 0 Å². The number of benzene rings is 1. The molecule has 2 aromatic rings. The van der Waals surface area contributed by atoms with Crippen LogP contribution >= 0.6 is 11.8 Å². The number of piperidine rings is 1. The van der Waals surface area contributed by atoms with Crippen LogP contribution < -0.4 is 5.56 Å². The Hall–Kier alpha value is -1.79. The third-order valence-electron chi connectivity index (χ3n) is 6.35. The van der Waals surface area contributed by atoms with Crippen molar-refractivity contribution in [2.24, 2.45) is 0 Å². The van der Waals surface area contributed by atoms with E-state index < -0.39 is 5.97 Å². The fourth-order valence-electron chi connectivity index (χ4n) is 5.04. The smallest absolute Gasteiger partial charge is 0.344 e. The van der Waals surface area contributed by atoms with Gasteiger partial charge in [0, 0.05) is 43.3 Å². The van der Waals surface area contributed by atoms with Crippen molar-refractivity contribution in [1.82, 2.24) is 9.47 Å². The first-order valence-corrected chi connectivity index (χ1v) is 12.0. The average molecular weight is 415 g/mol. The maximum absolute atomic E-state index is 13.1. The minimum atomic E-state index is -0.475. The van der Waals surface area contributed by atoms with Crippen LogP contribution in [0.1, 0.15) is 55.9 Å². The second-order valence-corrected chi connectivity index (χ2v) is 9.49. The predicted octanol–water partition coefficient (Wildman–Crippen LogP) is 4.10. The summed E-state index contributed by atoms with van der Waals surface area (Å²) in [5.41, 5.74) is 0.739. The molecular formula is C23H30N2O3S. The lowest BCUT2D eigenvalue weighted by Crippen LogP contribution is -2.47. The molecule has 2 aliphatic heterocycles. The number of hydrogen-bond donors (Lipinski definition) is 0. The van der Waals surface area contributed by atoms with Gasteiger partial charge >= 0.3 is 5.97 Å². The lowest BCUT2D eigenvalue weighted by molar-refractivity contribution is -0.00473. The van der Waals surface area contributed by atoms with E-state index in [1.165, 1.54) is 12.8 Å². The van der Waals surface area contributed by atoms with E-state index in [1.54, 1.807) is 10.6 Å². The van der Waals surface area contributed by atoms with E-state index in [1.807, 2.05) is 49.9 Å². The number of carbonyl (C=O) groups is 1. The van der Waals surface area contributed by atoms with E-state index in [-0.39, 0.29) is 23.3 Å². The highest BCUT2D eigenvalue weighted by atomic mass is 32.2. The third kappa shape index (κ3) is 3.97. The highest BCUT2D eigenvalue weighted by Gasteiger charge is 2.41. The normalized spacial score (nSPS) is 24.3. The molecule has 0 amide bonds. The first-order valence-electron chi connectivity index (χ1n) is 10.6. The van der Waals surface area contributed by atoms with Crippen molar-refractivity contribution >= 4 is 28.6 Å². The van der Waals surface area contributed by atoms with E-state index in [9.17, 15) is 9.59 Å². The number of para-hydroxylation sites is 1. The van der Waals surface area contributed by atoms with E-state index in [0.717, 1.165) is 36.0 Å². The van der Waals surface area contributed by atoms with Crippen molar-refractivity contribution in [3.63, 3.8) is 0 Å². The summed E-state index contributed by atoms with van der Waals surface area (Å²) in [6.07, 6.45) is 6.17. The first kappa shape index (κ1) is 20.5. The Bertz CT molecular complexity index is 941. The molecule has 1 unspecified atom stereocenters. The monoisotopic (exact) mass is 414 g/mol. The summed E-state index contributed by atoms with van der Waals surface area (Å²) >= 11 is 1.88. The molecule has 0 saturated carbocycles. The molecule has 0 radical (unpaired) electrons. The van der Waals surface area contributed by atoms with E-state index in [2.05, 4.69) is 11.2 Å². The van der Waals surface area contributed by atoms with Crippen molar-refractivity contribution in [2.45, 2.75) is 63.8 Å². The zero-order valence-corrected chi connectivity index (χ0v) is 18.3. The average Bonchev–Trinajstić information content (AvgIpc) is 2.93. The number of esters is 1. The van der Waals surface area contributed by atoms with Gasteiger partial charge in [-0.2, -0.15) is 11.8 Å². The highest BCUT2D eigenvalue weighted by Crippen LogP contribution is 2.37. The summed E-state index contributed by atoms with van der Waals surface area (Å²) in [6.45, 7) is 5.04. The molecule has 6 heteroatoms. The number of ether oxygens (including phenoxy) is 1. The van der Waals surface area contributed by atoms with Crippen LogP contribution in [0.15, 0.2) is 35.1 Å². The molecule has 0 aliphatic carbocycles. The van der Waals surface area contributed by atoms with Crippen molar-refractivity contribution in [3.05, 3.63) is 46.2 Å². The second-order valence-electron chi connectivity index (χ2n) is 8.50. The zero-order chi connectivity index (χ0) is 20.5. The Morgan fingerprint density at radius 2 is 1.90 bits per heavy atom. The van der Waals surface area contributed by atoms with Gasteiger partial charge in [0.2, 0.25) is 0 Å². The molecule has 2 bridgehead atoms. The lowest BCUT2D eigenvalue weighted by atomic mass is 9.99. The van der Waals surface area contributed by atoms with Gasteiger partial charge < -0.3 is 9.30 Å². The molecule has 3 atom stereocenters. The summed E-state index contributed by atoms with van der Waals surface area (Å²) < 4.78 is 7.59. The minimum absolute atomic E-state index is 0.0318. The Morgan fingerprint density at radius 3 is 2.55 bits per heavy atom. The van der Waals surface area contributed by atoms with Gasteiger partial charge in [-0.05, 0) is 50.5 Å². The molecule has 1 aromatic carbocycles. The Morgan fingerprint density at radius 1 is 1.21 bits per heavy atom. The Balaban J connectivity index is 1.55. The number of rotatable bonds is 6. The summed E-state index contributed by atoms with van der Waals surface area (Å²) in [6, 6.07) is 10.4. The van der Waals surface area contributed by atoms with Crippen LogP contribution in [-0.4, -0.2) is 52.2 Å². The van der Waals surface area contributed by atoms with E-state index >= 15 is 0 Å². The van der Waals surface area contributed by atoms with Crippen LogP contribution in [0.3, 0.4) is 0 Å². The fraction of sp³-hybridized carbons (Fsp3) is 0.565. The molecule has 0 spiro atoms. The number of fused-ring (bicyclic) bond motifs is 3. The Labute approximate surface area is 176 Å². The zero-order valence-electron chi connectivity index (χ0n) is 17.5. The Kier molecular flexibility index (Phi) is 6.02. The van der Waals surface area contributed by atoms with Gasteiger partial charge in [0.25, 0.3) is 5.56 Å². The van der Waals surface area contributed by atoms with Gasteiger partial charge in [-0.25, -0.2) is 4.79 Å². The van der Waals surface area contributed by atoms with E-state index in [4.69, 9.17) is 4.74 Å². The summed E-state index contributed by atoms with van der Waals surface area (Å²) in [7, 11) is 0. The van der Waals surface area contributed by atoms with Crippen molar-refractivity contribution in [2.75, 3.05) is 18.6 Å². The first-order chi connectivity index (χ1) is 14.0. The number of hydrogen-bond acceptors (Lipinski definition) is 5. The van der Waals surface area contributed by atoms with Gasteiger partial charge in [0.05, 0.1) is 5.52 Å². The quantitative estimate of drug-likeness (QED) is 0.666. The predicted molar refractivity (Wildman–Crippen MR) is 119 cm³/mol. The van der Waals surface area contributed by atoms with Gasteiger partial charge in [-0.3, -0.25) is 9.69 Å². The second kappa shape index (κ2) is 8.52. The molecule has 0 N–H and O–H groups in total. The largest absolute Gasteiger partial charge is 0.459 e. The van der Waals surface area contributed by atoms with Crippen molar-refractivity contribution < 1.29 is 9.53 Å².